The number of nitrogens with zero attached hydrogens (tertiary/aromatic N) is 2. The highest BCUT2D eigenvalue weighted by Gasteiger charge is 2.53. The average molecular weight is 366 g/mol. The summed E-state index contributed by atoms with van der Waals surface area (Å²) in [5.41, 5.74) is 1.04. The second-order valence-electron chi connectivity index (χ2n) is 5.63. The van der Waals surface area contributed by atoms with Gasteiger partial charge in [0.1, 0.15) is 11.4 Å². The number of benzene rings is 1. The average Bonchev–Trinajstić information content (AvgIpc) is 3.20. The smallest absolute Gasteiger partial charge is 0.129 e. The van der Waals surface area contributed by atoms with E-state index < -0.39 is 5.54 Å². The van der Waals surface area contributed by atoms with Gasteiger partial charge in [-0.25, -0.2) is 4.39 Å². The van der Waals surface area contributed by atoms with Gasteiger partial charge in [0.05, 0.1) is 17.2 Å². The first-order chi connectivity index (χ1) is 10.1. The summed E-state index contributed by atoms with van der Waals surface area (Å²) in [6.07, 6.45) is 3.89. The van der Waals surface area contributed by atoms with Gasteiger partial charge in [0.15, 0.2) is 0 Å². The standard InChI is InChI=1S/C15H13BrFN3S/c16-10-3-4-12(17)11(7-10)15(9-1-2-9)13-5-6-18-20(13)8-14(21)19-15/h3-7,9H,1-2,8H2,(H,19,21)/t15-/m1/s1. The van der Waals surface area contributed by atoms with Crippen LogP contribution in [0.4, 0.5) is 4.39 Å². The monoisotopic (exact) mass is 365 g/mol. The van der Waals surface area contributed by atoms with E-state index in [1.54, 1.807) is 12.3 Å². The van der Waals surface area contributed by atoms with E-state index in [1.807, 2.05) is 16.8 Å². The van der Waals surface area contributed by atoms with E-state index in [0.29, 0.717) is 23.0 Å². The molecule has 0 bridgehead atoms. The molecule has 2 aromatic rings. The Labute approximate surface area is 135 Å². The van der Waals surface area contributed by atoms with Crippen LogP contribution in [0.2, 0.25) is 0 Å². The van der Waals surface area contributed by atoms with Gasteiger partial charge in [0, 0.05) is 16.2 Å². The van der Waals surface area contributed by atoms with Gasteiger partial charge in [-0.2, -0.15) is 5.10 Å². The van der Waals surface area contributed by atoms with Crippen LogP contribution in [0, 0.1) is 11.7 Å². The number of hydrogen-bond donors (Lipinski definition) is 1. The van der Waals surface area contributed by atoms with Crippen molar-refractivity contribution in [1.29, 1.82) is 0 Å². The highest BCUT2D eigenvalue weighted by atomic mass is 79.9. The Morgan fingerprint density at radius 3 is 2.95 bits per heavy atom. The highest BCUT2D eigenvalue weighted by Crippen LogP contribution is 2.51. The minimum Gasteiger partial charge on any atom is -0.363 e. The molecular formula is C15H13BrFN3S. The Bertz CT molecular complexity index is 740. The van der Waals surface area contributed by atoms with E-state index >= 15 is 0 Å². The predicted octanol–water partition coefficient (Wildman–Crippen LogP) is 3.37. The Balaban J connectivity index is 2.01. The van der Waals surface area contributed by atoms with Gasteiger partial charge in [-0.3, -0.25) is 4.68 Å². The number of nitrogens with one attached hydrogen (secondary N) is 1. The van der Waals surface area contributed by atoms with Crippen LogP contribution in [0.1, 0.15) is 24.1 Å². The lowest BCUT2D eigenvalue weighted by Crippen LogP contribution is -2.54. The Hall–Kier alpha value is -1.27. The molecule has 0 amide bonds. The summed E-state index contributed by atoms with van der Waals surface area (Å²) in [6.45, 7) is 0.557. The first kappa shape index (κ1) is 13.4. The van der Waals surface area contributed by atoms with Gasteiger partial charge in [-0.15, -0.1) is 0 Å². The number of rotatable bonds is 2. The van der Waals surface area contributed by atoms with Crippen molar-refractivity contribution in [2.75, 3.05) is 0 Å². The predicted molar refractivity (Wildman–Crippen MR) is 85.6 cm³/mol. The van der Waals surface area contributed by atoms with Crippen molar-refractivity contribution in [3.05, 3.63) is 52.0 Å². The Morgan fingerprint density at radius 1 is 1.38 bits per heavy atom. The lowest BCUT2D eigenvalue weighted by atomic mass is 9.80. The molecule has 0 spiro atoms. The van der Waals surface area contributed by atoms with Gasteiger partial charge in [0.2, 0.25) is 0 Å². The molecule has 1 aromatic heterocycles. The van der Waals surface area contributed by atoms with Crippen LogP contribution < -0.4 is 5.32 Å². The van der Waals surface area contributed by atoms with Crippen molar-refractivity contribution in [2.24, 2.45) is 5.92 Å². The van der Waals surface area contributed by atoms with Crippen molar-refractivity contribution < 1.29 is 4.39 Å². The third-order valence-electron chi connectivity index (χ3n) is 4.29. The van der Waals surface area contributed by atoms with Crippen molar-refractivity contribution in [1.82, 2.24) is 15.1 Å². The molecule has 0 radical (unpaired) electrons. The molecule has 4 rings (SSSR count). The van der Waals surface area contributed by atoms with Gasteiger partial charge in [-0.05, 0) is 43.0 Å². The molecule has 21 heavy (non-hydrogen) atoms. The molecule has 1 N–H and O–H groups in total. The topological polar surface area (TPSA) is 29.9 Å². The zero-order chi connectivity index (χ0) is 14.6. The van der Waals surface area contributed by atoms with E-state index in [1.165, 1.54) is 6.07 Å². The molecule has 1 aromatic carbocycles. The fourth-order valence-electron chi connectivity index (χ4n) is 3.31. The molecule has 1 atom stereocenters. The van der Waals surface area contributed by atoms with Crippen molar-refractivity contribution in [3.63, 3.8) is 0 Å². The maximum Gasteiger partial charge on any atom is 0.129 e. The van der Waals surface area contributed by atoms with Crippen LogP contribution in [-0.4, -0.2) is 14.8 Å². The molecule has 0 unspecified atom stereocenters. The van der Waals surface area contributed by atoms with Crippen LogP contribution in [0.5, 0.6) is 0 Å². The number of aromatic nitrogens is 2. The summed E-state index contributed by atoms with van der Waals surface area (Å²) in [5, 5.41) is 7.77. The zero-order valence-electron chi connectivity index (χ0n) is 11.1. The Morgan fingerprint density at radius 2 is 2.19 bits per heavy atom. The first-order valence-electron chi connectivity index (χ1n) is 6.90. The van der Waals surface area contributed by atoms with E-state index in [2.05, 4.69) is 26.3 Å². The quantitative estimate of drug-likeness (QED) is 0.827. The van der Waals surface area contributed by atoms with Crippen LogP contribution in [0.15, 0.2) is 34.9 Å². The lowest BCUT2D eigenvalue weighted by molar-refractivity contribution is 0.345. The van der Waals surface area contributed by atoms with Gasteiger partial charge >= 0.3 is 0 Å². The van der Waals surface area contributed by atoms with Crippen LogP contribution in [0.3, 0.4) is 0 Å². The molecule has 0 saturated heterocycles. The maximum absolute atomic E-state index is 14.6. The third kappa shape index (κ3) is 1.96. The number of fused-ring (bicyclic) bond motifs is 1. The number of thiocarbonyl (C=S) groups is 1. The van der Waals surface area contributed by atoms with Crippen molar-refractivity contribution in [3.8, 4) is 0 Å². The molecule has 1 saturated carbocycles. The number of hydrogen-bond acceptors (Lipinski definition) is 2. The van der Waals surface area contributed by atoms with Crippen LogP contribution in [-0.2, 0) is 12.1 Å². The summed E-state index contributed by atoms with van der Waals surface area (Å²) in [6, 6.07) is 7.04. The third-order valence-corrected chi connectivity index (χ3v) is 5.02. The summed E-state index contributed by atoms with van der Waals surface area (Å²) in [5.74, 6) is 0.130. The van der Waals surface area contributed by atoms with E-state index in [-0.39, 0.29) is 5.82 Å². The molecule has 6 heteroatoms. The molecule has 3 nitrogen and oxygen atoms in total. The molecule has 1 aliphatic heterocycles. The molecule has 1 aliphatic carbocycles. The van der Waals surface area contributed by atoms with E-state index in [0.717, 1.165) is 23.0 Å². The van der Waals surface area contributed by atoms with E-state index in [9.17, 15) is 4.39 Å². The highest BCUT2D eigenvalue weighted by molar-refractivity contribution is 9.10. The normalized spacial score (nSPS) is 24.6. The Kier molecular flexibility index (Phi) is 2.94. The SMILES string of the molecule is Fc1ccc(Br)cc1[C@@]1(C2CC2)NC(=S)Cn2nccc21. The summed E-state index contributed by atoms with van der Waals surface area (Å²) >= 11 is 8.87. The largest absolute Gasteiger partial charge is 0.363 e. The van der Waals surface area contributed by atoms with Crippen LogP contribution >= 0.6 is 28.1 Å². The summed E-state index contributed by atoms with van der Waals surface area (Å²) < 4.78 is 17.3. The molecule has 2 heterocycles. The summed E-state index contributed by atoms with van der Waals surface area (Å²) in [7, 11) is 0. The van der Waals surface area contributed by atoms with Gasteiger partial charge in [-0.1, -0.05) is 28.1 Å². The molecular weight excluding hydrogens is 353 g/mol. The second kappa shape index (κ2) is 4.61. The minimum absolute atomic E-state index is 0.213. The minimum atomic E-state index is -0.598. The fraction of sp³-hybridized carbons (Fsp3) is 0.333. The van der Waals surface area contributed by atoms with Crippen LogP contribution in [0.25, 0.3) is 0 Å². The second-order valence-corrected chi connectivity index (χ2v) is 7.04. The first-order valence-corrected chi connectivity index (χ1v) is 8.10. The van der Waals surface area contributed by atoms with Crippen molar-refractivity contribution in [2.45, 2.75) is 24.9 Å². The zero-order valence-corrected chi connectivity index (χ0v) is 13.5. The number of halogens is 2. The fourth-order valence-corrected chi connectivity index (χ4v) is 3.95. The molecule has 1 fully saturated rings. The van der Waals surface area contributed by atoms with Gasteiger partial charge < -0.3 is 5.32 Å². The van der Waals surface area contributed by atoms with E-state index in [4.69, 9.17) is 12.2 Å². The molecule has 108 valence electrons. The van der Waals surface area contributed by atoms with Gasteiger partial charge in [0.25, 0.3) is 0 Å². The lowest BCUT2D eigenvalue weighted by Gasteiger charge is -2.40. The maximum atomic E-state index is 14.6. The van der Waals surface area contributed by atoms with Crippen molar-refractivity contribution >= 4 is 33.1 Å². The molecule has 2 aliphatic rings. The summed E-state index contributed by atoms with van der Waals surface area (Å²) in [4.78, 5) is 0.706.